The zero-order valence-electron chi connectivity index (χ0n) is 16.1. The molecule has 7 nitrogen and oxygen atoms in total. The topological polar surface area (TPSA) is 85.8 Å². The van der Waals surface area contributed by atoms with E-state index in [2.05, 4.69) is 33.8 Å². The summed E-state index contributed by atoms with van der Waals surface area (Å²) >= 11 is 0. The van der Waals surface area contributed by atoms with Gasteiger partial charge in [-0.25, -0.2) is 4.68 Å². The highest BCUT2D eigenvalue weighted by Crippen LogP contribution is 2.36. The Morgan fingerprint density at radius 3 is 2.97 bits per heavy atom. The van der Waals surface area contributed by atoms with Gasteiger partial charge in [0.15, 0.2) is 5.82 Å². The van der Waals surface area contributed by atoms with E-state index in [4.69, 9.17) is 4.42 Å². The summed E-state index contributed by atoms with van der Waals surface area (Å²) in [6, 6.07) is 14.2. The lowest BCUT2D eigenvalue weighted by molar-refractivity contribution is -0.115. The highest BCUT2D eigenvalue weighted by molar-refractivity contribution is 5.95. The van der Waals surface area contributed by atoms with Gasteiger partial charge in [0.05, 0.1) is 18.7 Å². The molecule has 0 atom stereocenters. The highest BCUT2D eigenvalue weighted by Gasteiger charge is 2.28. The van der Waals surface area contributed by atoms with E-state index in [9.17, 15) is 4.79 Å². The molecule has 4 aromatic rings. The Labute approximate surface area is 167 Å². The first-order valence-corrected chi connectivity index (χ1v) is 9.88. The van der Waals surface area contributed by atoms with Gasteiger partial charge in [0, 0.05) is 22.2 Å². The van der Waals surface area contributed by atoms with Crippen LogP contribution in [-0.4, -0.2) is 26.1 Å². The first-order valence-electron chi connectivity index (χ1n) is 9.88. The molecule has 0 saturated heterocycles. The molecule has 1 fully saturated rings. The summed E-state index contributed by atoms with van der Waals surface area (Å²) in [5, 5.41) is 16.0. The molecule has 0 aliphatic heterocycles. The number of nitrogens with zero attached hydrogens (tertiary/aromatic N) is 4. The minimum absolute atomic E-state index is 0.0915. The van der Waals surface area contributed by atoms with Gasteiger partial charge in [-0.05, 0) is 53.5 Å². The molecule has 1 aliphatic carbocycles. The van der Waals surface area contributed by atoms with Crippen LogP contribution >= 0.6 is 0 Å². The minimum Gasteiger partial charge on any atom is -0.464 e. The first-order chi connectivity index (χ1) is 14.2. The fourth-order valence-electron chi connectivity index (χ4n) is 3.55. The molecule has 1 N–H and O–H groups in total. The van der Waals surface area contributed by atoms with Crippen LogP contribution in [-0.2, 0) is 17.6 Å². The molecule has 0 bridgehead atoms. The maximum absolute atomic E-state index is 12.6. The molecule has 2 aromatic heterocycles. The molecule has 29 heavy (non-hydrogen) atoms. The number of amides is 1. The summed E-state index contributed by atoms with van der Waals surface area (Å²) in [5.74, 6) is 0.641. The van der Waals surface area contributed by atoms with E-state index in [0.717, 1.165) is 52.9 Å². The van der Waals surface area contributed by atoms with Crippen LogP contribution in [0.25, 0.3) is 22.4 Å². The monoisotopic (exact) mass is 387 g/mol. The van der Waals surface area contributed by atoms with Crippen molar-refractivity contribution in [2.24, 2.45) is 0 Å². The molecule has 1 saturated carbocycles. The zero-order valence-corrected chi connectivity index (χ0v) is 16.1. The number of tetrazole rings is 1. The average molecular weight is 387 g/mol. The standard InChI is InChI=1S/C22H21N5O2/c1-2-14-6-9-19-16(13-29-20(19)10-14)12-21(28)23-17-5-3-4-15(11-17)22-24-25-26-27(22)18-7-8-18/h3-6,9-11,13,18H,2,7-8,12H2,1H3,(H,23,28). The van der Waals surface area contributed by atoms with Crippen molar-refractivity contribution in [2.75, 3.05) is 5.32 Å². The van der Waals surface area contributed by atoms with Crippen LogP contribution in [0.5, 0.6) is 0 Å². The first kappa shape index (κ1) is 17.6. The second-order valence-corrected chi connectivity index (χ2v) is 7.43. The van der Waals surface area contributed by atoms with Crippen LogP contribution in [0.3, 0.4) is 0 Å². The third-order valence-electron chi connectivity index (χ3n) is 5.27. The zero-order chi connectivity index (χ0) is 19.8. The number of aromatic nitrogens is 4. The van der Waals surface area contributed by atoms with Gasteiger partial charge in [0.1, 0.15) is 5.58 Å². The van der Waals surface area contributed by atoms with Crippen molar-refractivity contribution in [1.82, 2.24) is 20.2 Å². The molecular formula is C22H21N5O2. The number of benzene rings is 2. The summed E-state index contributed by atoms with van der Waals surface area (Å²) in [5.41, 5.74) is 4.53. The number of aryl methyl sites for hydroxylation is 1. The van der Waals surface area contributed by atoms with Crippen molar-refractivity contribution in [2.45, 2.75) is 38.6 Å². The highest BCUT2D eigenvalue weighted by atomic mass is 16.3. The van der Waals surface area contributed by atoms with Gasteiger partial charge in [-0.1, -0.05) is 31.2 Å². The van der Waals surface area contributed by atoms with Crippen molar-refractivity contribution in [3.05, 3.63) is 59.9 Å². The van der Waals surface area contributed by atoms with Crippen molar-refractivity contribution >= 4 is 22.6 Å². The molecule has 2 heterocycles. The SMILES string of the molecule is CCc1ccc2c(CC(=O)Nc3cccc(-c4nnnn4C4CC4)c3)coc2c1. The van der Waals surface area contributed by atoms with Gasteiger partial charge >= 0.3 is 0 Å². The quantitative estimate of drug-likeness (QED) is 0.537. The summed E-state index contributed by atoms with van der Waals surface area (Å²) in [4.78, 5) is 12.6. The smallest absolute Gasteiger partial charge is 0.228 e. The normalized spacial score (nSPS) is 13.7. The van der Waals surface area contributed by atoms with Crippen molar-refractivity contribution in [1.29, 1.82) is 0 Å². The number of hydrogen-bond donors (Lipinski definition) is 1. The van der Waals surface area contributed by atoms with Crippen LogP contribution in [0, 0.1) is 0 Å². The lowest BCUT2D eigenvalue weighted by atomic mass is 10.1. The van der Waals surface area contributed by atoms with Crippen molar-refractivity contribution in [3.8, 4) is 11.4 Å². The second-order valence-electron chi connectivity index (χ2n) is 7.43. The fourth-order valence-corrected chi connectivity index (χ4v) is 3.55. The maximum atomic E-state index is 12.6. The number of carbonyl (C=O) groups excluding carboxylic acids is 1. The number of anilines is 1. The summed E-state index contributed by atoms with van der Waals surface area (Å²) < 4.78 is 7.51. The van der Waals surface area contributed by atoms with Gasteiger partial charge in [-0.3, -0.25) is 4.79 Å². The minimum atomic E-state index is -0.0915. The number of hydrogen-bond acceptors (Lipinski definition) is 5. The molecular weight excluding hydrogens is 366 g/mol. The molecule has 0 unspecified atom stereocenters. The maximum Gasteiger partial charge on any atom is 0.228 e. The number of nitrogens with one attached hydrogen (secondary N) is 1. The molecule has 2 aromatic carbocycles. The predicted molar refractivity (Wildman–Crippen MR) is 109 cm³/mol. The van der Waals surface area contributed by atoms with E-state index in [-0.39, 0.29) is 12.3 Å². The molecule has 5 rings (SSSR count). The van der Waals surface area contributed by atoms with E-state index in [1.165, 1.54) is 5.56 Å². The molecule has 0 radical (unpaired) electrons. The van der Waals surface area contributed by atoms with Crippen LogP contribution in [0.4, 0.5) is 5.69 Å². The van der Waals surface area contributed by atoms with Gasteiger partial charge in [0.2, 0.25) is 5.91 Å². The predicted octanol–water partition coefficient (Wildman–Crippen LogP) is 4.16. The summed E-state index contributed by atoms with van der Waals surface area (Å²) in [6.45, 7) is 2.11. The average Bonchev–Trinajstić information content (AvgIpc) is 3.33. The number of carbonyl (C=O) groups is 1. The summed E-state index contributed by atoms with van der Waals surface area (Å²) in [7, 11) is 0. The van der Waals surface area contributed by atoms with E-state index in [1.807, 2.05) is 41.1 Å². The third kappa shape index (κ3) is 3.51. The Kier molecular flexibility index (Phi) is 4.35. The van der Waals surface area contributed by atoms with Gasteiger partial charge < -0.3 is 9.73 Å². The third-order valence-corrected chi connectivity index (χ3v) is 5.27. The lowest BCUT2D eigenvalue weighted by Crippen LogP contribution is -2.14. The lowest BCUT2D eigenvalue weighted by Gasteiger charge is -2.07. The largest absolute Gasteiger partial charge is 0.464 e. The van der Waals surface area contributed by atoms with E-state index in [1.54, 1.807) is 6.26 Å². The Bertz CT molecular complexity index is 1190. The van der Waals surface area contributed by atoms with Gasteiger partial charge in [-0.2, -0.15) is 0 Å². The van der Waals surface area contributed by atoms with Crippen molar-refractivity contribution < 1.29 is 9.21 Å². The van der Waals surface area contributed by atoms with Crippen LogP contribution in [0.1, 0.15) is 36.9 Å². The molecule has 1 amide bonds. The Morgan fingerprint density at radius 1 is 1.24 bits per heavy atom. The Balaban J connectivity index is 1.33. The van der Waals surface area contributed by atoms with Crippen LogP contribution in [0.15, 0.2) is 53.1 Å². The van der Waals surface area contributed by atoms with Gasteiger partial charge in [-0.15, -0.1) is 5.10 Å². The molecule has 7 heteroatoms. The summed E-state index contributed by atoms with van der Waals surface area (Å²) in [6.07, 6.45) is 5.08. The fraction of sp³-hybridized carbons (Fsp3) is 0.273. The molecule has 1 aliphatic rings. The Morgan fingerprint density at radius 2 is 2.14 bits per heavy atom. The van der Waals surface area contributed by atoms with E-state index in [0.29, 0.717) is 6.04 Å². The van der Waals surface area contributed by atoms with Gasteiger partial charge in [0.25, 0.3) is 0 Å². The van der Waals surface area contributed by atoms with E-state index < -0.39 is 0 Å². The molecule has 0 spiro atoms. The van der Waals surface area contributed by atoms with E-state index >= 15 is 0 Å². The number of furan rings is 1. The molecule has 146 valence electrons. The van der Waals surface area contributed by atoms with Crippen LogP contribution in [0.2, 0.25) is 0 Å². The number of fused-ring (bicyclic) bond motifs is 1. The van der Waals surface area contributed by atoms with Crippen molar-refractivity contribution in [3.63, 3.8) is 0 Å². The Hall–Kier alpha value is -3.48. The number of rotatable bonds is 6. The second kappa shape index (κ2) is 7.16. The van der Waals surface area contributed by atoms with Crippen LogP contribution < -0.4 is 5.32 Å².